The van der Waals surface area contributed by atoms with Crippen molar-refractivity contribution < 1.29 is 19.1 Å². The number of primary amides is 1. The minimum Gasteiger partial charge on any atom is -0.488 e. The lowest BCUT2D eigenvalue weighted by atomic mass is 10.0. The molecule has 2 aliphatic heterocycles. The molecule has 1 aromatic carbocycles. The van der Waals surface area contributed by atoms with E-state index in [1.54, 1.807) is 12.3 Å². The van der Waals surface area contributed by atoms with Crippen LogP contribution in [0.15, 0.2) is 24.4 Å². The minimum atomic E-state index is -0.325. The first-order chi connectivity index (χ1) is 12.5. The second-order valence-corrected chi connectivity index (χ2v) is 6.98. The first-order valence-electron chi connectivity index (χ1n) is 8.59. The highest BCUT2D eigenvalue weighted by molar-refractivity contribution is 5.93. The van der Waals surface area contributed by atoms with Gasteiger partial charge in [-0.25, -0.2) is 4.98 Å². The summed E-state index contributed by atoms with van der Waals surface area (Å²) in [5.74, 6) is 2.14. The van der Waals surface area contributed by atoms with E-state index in [-0.39, 0.29) is 29.8 Å². The van der Waals surface area contributed by atoms with E-state index in [4.69, 9.17) is 15.2 Å². The van der Waals surface area contributed by atoms with Crippen LogP contribution in [0, 0.1) is 12.8 Å². The summed E-state index contributed by atoms with van der Waals surface area (Å²) in [6.45, 7) is 1.96. The number of aryl methyl sites for hydroxylation is 1. The fourth-order valence-electron chi connectivity index (χ4n) is 3.99. The van der Waals surface area contributed by atoms with Crippen LogP contribution < -0.4 is 20.5 Å². The molecule has 3 unspecified atom stereocenters. The molecular weight excluding hydrogens is 334 g/mol. The van der Waals surface area contributed by atoms with E-state index in [0.717, 1.165) is 22.4 Å². The number of amides is 2. The Labute approximate surface area is 149 Å². The number of nitrogens with one attached hydrogen (secondary N) is 1. The van der Waals surface area contributed by atoms with E-state index >= 15 is 0 Å². The Hall–Kier alpha value is -3.09. The molecule has 3 N–H and O–H groups in total. The number of pyridine rings is 1. The van der Waals surface area contributed by atoms with Gasteiger partial charge in [-0.2, -0.15) is 0 Å². The molecule has 0 spiro atoms. The maximum Gasteiger partial charge on any atom is 0.225 e. The number of hydrogen-bond acceptors (Lipinski definition) is 5. The highest BCUT2D eigenvalue weighted by atomic mass is 16.5. The highest BCUT2D eigenvalue weighted by Crippen LogP contribution is 2.59. The van der Waals surface area contributed by atoms with Gasteiger partial charge in [0.05, 0.1) is 5.92 Å². The molecule has 2 amide bonds. The predicted octanol–water partition coefficient (Wildman–Crippen LogP) is 2.03. The Bertz CT molecular complexity index is 971. The van der Waals surface area contributed by atoms with E-state index in [1.807, 2.05) is 19.1 Å². The topological polar surface area (TPSA) is 104 Å². The van der Waals surface area contributed by atoms with Crippen molar-refractivity contribution in [2.45, 2.75) is 31.8 Å². The first kappa shape index (κ1) is 15.2. The van der Waals surface area contributed by atoms with Gasteiger partial charge in [0.15, 0.2) is 0 Å². The normalized spacial score (nSPS) is 24.7. The summed E-state index contributed by atoms with van der Waals surface area (Å²) in [5, 5.41) is 2.77. The van der Waals surface area contributed by atoms with Gasteiger partial charge in [0.1, 0.15) is 29.2 Å². The Kier molecular flexibility index (Phi) is 3.04. The number of carbonyl (C=O) groups is 2. The van der Waals surface area contributed by atoms with Crippen LogP contribution in [0.25, 0.3) is 0 Å². The van der Waals surface area contributed by atoms with Crippen molar-refractivity contribution in [3.63, 3.8) is 0 Å². The second kappa shape index (κ2) is 5.20. The summed E-state index contributed by atoms with van der Waals surface area (Å²) in [4.78, 5) is 27.3. The van der Waals surface area contributed by atoms with Gasteiger partial charge < -0.3 is 20.5 Å². The van der Waals surface area contributed by atoms with Gasteiger partial charge in [0, 0.05) is 29.7 Å². The summed E-state index contributed by atoms with van der Waals surface area (Å²) in [5.41, 5.74) is 8.27. The maximum absolute atomic E-state index is 11.6. The number of nitrogens with zero attached hydrogens (tertiary/aromatic N) is 1. The Morgan fingerprint density at radius 2 is 2.23 bits per heavy atom. The predicted molar refractivity (Wildman–Crippen MR) is 92.3 cm³/mol. The monoisotopic (exact) mass is 351 g/mol. The number of benzene rings is 1. The Morgan fingerprint density at radius 1 is 1.38 bits per heavy atom. The zero-order valence-electron chi connectivity index (χ0n) is 14.1. The second-order valence-electron chi connectivity index (χ2n) is 6.98. The third kappa shape index (κ3) is 2.16. The number of hydrogen-bond donors (Lipinski definition) is 2. The van der Waals surface area contributed by atoms with Crippen LogP contribution in [-0.4, -0.2) is 22.9 Å². The van der Waals surface area contributed by atoms with Crippen LogP contribution in [0.1, 0.15) is 29.0 Å². The van der Waals surface area contributed by atoms with E-state index in [0.29, 0.717) is 30.2 Å². The molecule has 0 saturated heterocycles. The first-order valence-corrected chi connectivity index (χ1v) is 8.59. The van der Waals surface area contributed by atoms with Crippen molar-refractivity contribution in [2.24, 2.45) is 11.7 Å². The van der Waals surface area contributed by atoms with Gasteiger partial charge in [-0.3, -0.25) is 9.59 Å². The van der Waals surface area contributed by atoms with E-state index in [1.165, 1.54) is 0 Å². The molecule has 1 aliphatic carbocycles. The van der Waals surface area contributed by atoms with Crippen molar-refractivity contribution in [3.8, 4) is 17.2 Å². The molecule has 1 fully saturated rings. The standard InChI is InChI=1S/C19H17N3O4/c1-8-6-9(7-11-14-15(18(20)24)17(14)26-16(8)11)25-12-4-5-21-19-10(12)2-3-13(23)22-19/h4-7,14-15,17H,2-3H2,1H3,(H2,20,24)(H,21,22,23). The van der Waals surface area contributed by atoms with E-state index < -0.39 is 0 Å². The van der Waals surface area contributed by atoms with Crippen LogP contribution in [0.5, 0.6) is 17.2 Å². The number of aromatic nitrogens is 1. The average molecular weight is 351 g/mol. The van der Waals surface area contributed by atoms with Gasteiger partial charge in [-0.05, 0) is 37.1 Å². The molecule has 3 atom stereocenters. The Balaban J connectivity index is 1.48. The molecule has 3 heterocycles. The van der Waals surface area contributed by atoms with Crippen LogP contribution in [0.3, 0.4) is 0 Å². The van der Waals surface area contributed by atoms with Crippen LogP contribution in [-0.2, 0) is 16.0 Å². The third-order valence-electron chi connectivity index (χ3n) is 5.27. The zero-order chi connectivity index (χ0) is 18.0. The Morgan fingerprint density at radius 3 is 3.04 bits per heavy atom. The molecule has 3 aliphatic rings. The fraction of sp³-hybridized carbons (Fsp3) is 0.316. The quantitative estimate of drug-likeness (QED) is 0.880. The lowest BCUT2D eigenvalue weighted by molar-refractivity contribution is -0.120. The van der Waals surface area contributed by atoms with Gasteiger partial charge in [0.25, 0.3) is 0 Å². The highest BCUT2D eigenvalue weighted by Gasteiger charge is 2.62. The van der Waals surface area contributed by atoms with Crippen molar-refractivity contribution in [1.29, 1.82) is 0 Å². The van der Waals surface area contributed by atoms with Gasteiger partial charge in [-0.15, -0.1) is 0 Å². The molecule has 2 aromatic rings. The maximum atomic E-state index is 11.6. The number of fused-ring (bicyclic) bond motifs is 4. The molecule has 7 nitrogen and oxygen atoms in total. The van der Waals surface area contributed by atoms with Crippen molar-refractivity contribution in [1.82, 2.24) is 4.98 Å². The van der Waals surface area contributed by atoms with Crippen molar-refractivity contribution in [2.75, 3.05) is 5.32 Å². The molecule has 0 radical (unpaired) electrons. The summed E-state index contributed by atoms with van der Waals surface area (Å²) in [6, 6.07) is 5.63. The molecule has 5 rings (SSSR count). The van der Waals surface area contributed by atoms with Gasteiger partial charge >= 0.3 is 0 Å². The largest absolute Gasteiger partial charge is 0.488 e. The minimum absolute atomic E-state index is 0.0235. The van der Waals surface area contributed by atoms with E-state index in [9.17, 15) is 9.59 Å². The number of anilines is 1. The number of nitrogens with two attached hydrogens (primary N) is 1. The zero-order valence-corrected chi connectivity index (χ0v) is 14.1. The SMILES string of the molecule is Cc1cc(Oc2ccnc3c2CCC(=O)N3)cc2c1OC1C(C(N)=O)C21. The number of ether oxygens (including phenoxy) is 2. The fourth-order valence-corrected chi connectivity index (χ4v) is 3.99. The van der Waals surface area contributed by atoms with E-state index in [2.05, 4.69) is 10.3 Å². The van der Waals surface area contributed by atoms with Crippen LogP contribution >= 0.6 is 0 Å². The molecule has 26 heavy (non-hydrogen) atoms. The molecule has 1 saturated carbocycles. The van der Waals surface area contributed by atoms with Crippen LogP contribution in [0.2, 0.25) is 0 Å². The van der Waals surface area contributed by atoms with Crippen molar-refractivity contribution >= 4 is 17.6 Å². The van der Waals surface area contributed by atoms with Crippen LogP contribution in [0.4, 0.5) is 5.82 Å². The summed E-state index contributed by atoms with van der Waals surface area (Å²) >= 11 is 0. The summed E-state index contributed by atoms with van der Waals surface area (Å²) in [7, 11) is 0. The lowest BCUT2D eigenvalue weighted by Crippen LogP contribution is -2.20. The van der Waals surface area contributed by atoms with Gasteiger partial charge in [0.2, 0.25) is 11.8 Å². The number of rotatable bonds is 3. The third-order valence-corrected chi connectivity index (χ3v) is 5.27. The van der Waals surface area contributed by atoms with Gasteiger partial charge in [-0.1, -0.05) is 0 Å². The molecule has 132 valence electrons. The van der Waals surface area contributed by atoms with Crippen molar-refractivity contribution in [3.05, 3.63) is 41.1 Å². The smallest absolute Gasteiger partial charge is 0.225 e. The molecular formula is C19H17N3O4. The molecule has 0 bridgehead atoms. The average Bonchev–Trinajstić information content (AvgIpc) is 3.20. The molecule has 1 aromatic heterocycles. The molecule has 7 heteroatoms. The number of carbonyl (C=O) groups excluding carboxylic acids is 2. The lowest BCUT2D eigenvalue weighted by Gasteiger charge is -2.19. The summed E-state index contributed by atoms with van der Waals surface area (Å²) in [6.07, 6.45) is 2.48. The summed E-state index contributed by atoms with van der Waals surface area (Å²) < 4.78 is 12.0.